The molecule has 1 heterocycles. The highest BCUT2D eigenvalue weighted by atomic mass is 32.2. The maximum absolute atomic E-state index is 13.0. The van der Waals surface area contributed by atoms with Crippen LogP contribution in [0.15, 0.2) is 47.5 Å². The fourth-order valence-corrected chi connectivity index (χ4v) is 3.49. The van der Waals surface area contributed by atoms with E-state index in [0.717, 1.165) is 11.8 Å². The highest BCUT2D eigenvalue weighted by Crippen LogP contribution is 2.33. The summed E-state index contributed by atoms with van der Waals surface area (Å²) in [6.45, 7) is 0. The number of anilines is 1. The van der Waals surface area contributed by atoms with Crippen LogP contribution in [0.25, 0.3) is 0 Å². The van der Waals surface area contributed by atoms with Crippen molar-refractivity contribution in [2.75, 3.05) is 19.5 Å². The zero-order valence-electron chi connectivity index (χ0n) is 15.2. The molecule has 1 atom stereocenters. The van der Waals surface area contributed by atoms with Gasteiger partial charge in [-0.25, -0.2) is 9.38 Å². The number of amidine groups is 1. The van der Waals surface area contributed by atoms with E-state index < -0.39 is 11.1 Å². The Hall–Kier alpha value is -3.07. The van der Waals surface area contributed by atoms with Crippen molar-refractivity contribution in [3.05, 3.63) is 48.3 Å². The van der Waals surface area contributed by atoms with Gasteiger partial charge in [0.25, 0.3) is 0 Å². The number of benzene rings is 2. The van der Waals surface area contributed by atoms with E-state index in [9.17, 15) is 14.0 Å². The van der Waals surface area contributed by atoms with Crippen LogP contribution in [-0.2, 0) is 9.59 Å². The smallest absolute Gasteiger partial charge is 0.238 e. The second kappa shape index (κ2) is 8.75. The summed E-state index contributed by atoms with van der Waals surface area (Å²) in [4.78, 5) is 29.0. The Morgan fingerprint density at radius 3 is 2.64 bits per heavy atom. The molecule has 3 rings (SSSR count). The first-order chi connectivity index (χ1) is 13.5. The lowest BCUT2D eigenvalue weighted by atomic mass is 10.2. The van der Waals surface area contributed by atoms with Crippen LogP contribution >= 0.6 is 11.8 Å². The van der Waals surface area contributed by atoms with Gasteiger partial charge in [0, 0.05) is 18.2 Å². The molecule has 1 aliphatic rings. The molecule has 28 heavy (non-hydrogen) atoms. The molecule has 9 heteroatoms. The molecule has 1 saturated heterocycles. The third kappa shape index (κ3) is 4.80. The maximum Gasteiger partial charge on any atom is 0.238 e. The number of thioether (sulfide) groups is 1. The summed E-state index contributed by atoms with van der Waals surface area (Å²) in [7, 11) is 3.04. The highest BCUT2D eigenvalue weighted by molar-refractivity contribution is 8.15. The van der Waals surface area contributed by atoms with Gasteiger partial charge in [-0.05, 0) is 36.4 Å². The van der Waals surface area contributed by atoms with Crippen molar-refractivity contribution >= 4 is 40.1 Å². The summed E-state index contributed by atoms with van der Waals surface area (Å²) in [6.07, 6.45) is 0.00591. The van der Waals surface area contributed by atoms with Crippen LogP contribution in [-0.4, -0.2) is 36.5 Å². The fourth-order valence-electron chi connectivity index (χ4n) is 2.49. The van der Waals surface area contributed by atoms with Crippen LogP contribution in [0.4, 0.5) is 15.8 Å². The van der Waals surface area contributed by atoms with Crippen LogP contribution in [0.5, 0.6) is 11.5 Å². The molecule has 146 valence electrons. The number of rotatable bonds is 5. The first-order valence-electron chi connectivity index (χ1n) is 8.32. The summed E-state index contributed by atoms with van der Waals surface area (Å²) in [6, 6.07) is 10.5. The molecule has 0 aliphatic carbocycles. The average molecular weight is 403 g/mol. The monoisotopic (exact) mass is 403 g/mol. The van der Waals surface area contributed by atoms with Crippen molar-refractivity contribution in [1.29, 1.82) is 0 Å². The molecule has 2 amide bonds. The SMILES string of the molecule is COc1ccc(OC)c(N=C2NC(=O)C[C@H](C(=O)Nc3ccc(F)cc3)S2)c1. The van der Waals surface area contributed by atoms with Gasteiger partial charge in [0.15, 0.2) is 5.17 Å². The lowest BCUT2D eigenvalue weighted by Crippen LogP contribution is -2.41. The van der Waals surface area contributed by atoms with E-state index in [4.69, 9.17) is 9.47 Å². The maximum atomic E-state index is 13.0. The molecular weight excluding hydrogens is 385 g/mol. The quantitative estimate of drug-likeness (QED) is 0.801. The predicted molar refractivity (Wildman–Crippen MR) is 106 cm³/mol. The van der Waals surface area contributed by atoms with E-state index in [-0.39, 0.29) is 23.4 Å². The van der Waals surface area contributed by atoms with E-state index in [2.05, 4.69) is 15.6 Å². The van der Waals surface area contributed by atoms with Crippen molar-refractivity contribution in [2.45, 2.75) is 11.7 Å². The Morgan fingerprint density at radius 2 is 1.96 bits per heavy atom. The number of aliphatic imine (C=N–C) groups is 1. The van der Waals surface area contributed by atoms with Gasteiger partial charge in [0.2, 0.25) is 11.8 Å². The summed E-state index contributed by atoms with van der Waals surface area (Å²) < 4.78 is 23.5. The minimum Gasteiger partial charge on any atom is -0.497 e. The lowest BCUT2D eigenvalue weighted by molar-refractivity contribution is -0.123. The minimum absolute atomic E-state index is 0.00591. The van der Waals surface area contributed by atoms with Crippen LogP contribution in [0.3, 0.4) is 0 Å². The summed E-state index contributed by atoms with van der Waals surface area (Å²) >= 11 is 1.13. The van der Waals surface area contributed by atoms with Gasteiger partial charge >= 0.3 is 0 Å². The zero-order chi connectivity index (χ0) is 20.1. The standard InChI is InChI=1S/C19H18FN3O4S/c1-26-13-7-8-15(27-2)14(9-13)22-19-23-17(24)10-16(28-19)18(25)21-12-5-3-11(20)4-6-12/h3-9,16H,10H2,1-2H3,(H,21,25)(H,22,23,24)/t16-/m1/s1. The van der Waals surface area contributed by atoms with Crippen LogP contribution < -0.4 is 20.1 Å². The topological polar surface area (TPSA) is 89.0 Å². The van der Waals surface area contributed by atoms with E-state index in [1.54, 1.807) is 18.2 Å². The van der Waals surface area contributed by atoms with E-state index in [0.29, 0.717) is 22.9 Å². The van der Waals surface area contributed by atoms with Crippen molar-refractivity contribution in [1.82, 2.24) is 5.32 Å². The molecule has 2 N–H and O–H groups in total. The number of hydrogen-bond donors (Lipinski definition) is 2. The van der Waals surface area contributed by atoms with Crippen molar-refractivity contribution < 1.29 is 23.5 Å². The number of amides is 2. The number of hydrogen-bond acceptors (Lipinski definition) is 6. The number of carbonyl (C=O) groups excluding carboxylic acids is 2. The third-order valence-electron chi connectivity index (χ3n) is 3.88. The van der Waals surface area contributed by atoms with Crippen LogP contribution in [0, 0.1) is 5.82 Å². The zero-order valence-corrected chi connectivity index (χ0v) is 16.0. The second-order valence-corrected chi connectivity index (χ2v) is 7.00. The van der Waals surface area contributed by atoms with Crippen molar-refractivity contribution in [3.63, 3.8) is 0 Å². The number of methoxy groups -OCH3 is 2. The summed E-state index contributed by atoms with van der Waals surface area (Å²) in [5, 5.41) is 4.94. The van der Waals surface area contributed by atoms with Crippen molar-refractivity contribution in [3.8, 4) is 11.5 Å². The largest absolute Gasteiger partial charge is 0.497 e. The number of nitrogens with zero attached hydrogens (tertiary/aromatic N) is 1. The second-order valence-electron chi connectivity index (χ2n) is 5.81. The molecule has 0 aromatic heterocycles. The molecule has 0 radical (unpaired) electrons. The first kappa shape index (κ1) is 19.7. The number of nitrogens with one attached hydrogen (secondary N) is 2. The Bertz CT molecular complexity index is 918. The molecule has 2 aromatic carbocycles. The van der Waals surface area contributed by atoms with Gasteiger partial charge in [0.1, 0.15) is 28.3 Å². The molecule has 0 saturated carbocycles. The average Bonchev–Trinajstić information content (AvgIpc) is 2.69. The van der Waals surface area contributed by atoms with E-state index in [1.807, 2.05) is 0 Å². The van der Waals surface area contributed by atoms with Gasteiger partial charge in [-0.1, -0.05) is 11.8 Å². The Kier molecular flexibility index (Phi) is 6.15. The van der Waals surface area contributed by atoms with E-state index in [1.165, 1.54) is 38.5 Å². The molecule has 2 aromatic rings. The number of carbonyl (C=O) groups is 2. The van der Waals surface area contributed by atoms with Crippen LogP contribution in [0.1, 0.15) is 6.42 Å². The lowest BCUT2D eigenvalue weighted by Gasteiger charge is -2.22. The van der Waals surface area contributed by atoms with Crippen molar-refractivity contribution in [2.24, 2.45) is 4.99 Å². The molecule has 0 bridgehead atoms. The molecule has 0 unspecified atom stereocenters. The normalized spacial score (nSPS) is 17.8. The first-order valence-corrected chi connectivity index (χ1v) is 9.20. The van der Waals surface area contributed by atoms with Gasteiger partial charge < -0.3 is 20.1 Å². The molecular formula is C19H18FN3O4S. The molecule has 0 spiro atoms. The number of ether oxygens (including phenoxy) is 2. The number of halogens is 1. The summed E-state index contributed by atoms with van der Waals surface area (Å²) in [5.41, 5.74) is 0.912. The molecule has 1 aliphatic heterocycles. The molecule has 7 nitrogen and oxygen atoms in total. The fraction of sp³-hybridized carbons (Fsp3) is 0.211. The van der Waals surface area contributed by atoms with Gasteiger partial charge in [-0.3, -0.25) is 9.59 Å². The van der Waals surface area contributed by atoms with Gasteiger partial charge in [-0.2, -0.15) is 0 Å². The Labute approximate surface area is 165 Å². The minimum atomic E-state index is -0.672. The van der Waals surface area contributed by atoms with Gasteiger partial charge in [-0.15, -0.1) is 0 Å². The highest BCUT2D eigenvalue weighted by Gasteiger charge is 2.30. The third-order valence-corrected chi connectivity index (χ3v) is 4.97. The Balaban J connectivity index is 1.78. The molecule has 1 fully saturated rings. The van der Waals surface area contributed by atoms with Gasteiger partial charge in [0.05, 0.1) is 14.2 Å². The van der Waals surface area contributed by atoms with Crippen LogP contribution in [0.2, 0.25) is 0 Å². The Morgan fingerprint density at radius 1 is 1.21 bits per heavy atom. The summed E-state index contributed by atoms with van der Waals surface area (Å²) in [5.74, 6) is 0.000355. The predicted octanol–water partition coefficient (Wildman–Crippen LogP) is 3.09. The van der Waals surface area contributed by atoms with E-state index >= 15 is 0 Å².